The number of pyridine rings is 2. The highest BCUT2D eigenvalue weighted by Crippen LogP contribution is 2.44. The molecule has 0 aromatic carbocycles. The monoisotopic (exact) mass is 430 g/mol. The summed E-state index contributed by atoms with van der Waals surface area (Å²) in [6, 6.07) is 4.05. The van der Waals surface area contributed by atoms with E-state index in [9.17, 15) is 13.6 Å². The molecule has 3 fully saturated rings. The van der Waals surface area contributed by atoms with E-state index in [1.165, 1.54) is 43.9 Å². The number of aliphatic carboxylic acids is 1. The maximum atomic E-state index is 13.2. The van der Waals surface area contributed by atoms with Crippen LogP contribution in [0.4, 0.5) is 14.6 Å². The molecule has 3 aromatic heterocycles. The normalized spacial score (nSPS) is 21.6. The molecule has 2 bridgehead atoms. The van der Waals surface area contributed by atoms with Gasteiger partial charge < -0.3 is 15.8 Å². The van der Waals surface area contributed by atoms with Gasteiger partial charge in [-0.05, 0) is 49.3 Å². The molecular weight excluding hydrogens is 402 g/mol. The Morgan fingerprint density at radius 2 is 1.90 bits per heavy atom. The molecule has 0 spiro atoms. The van der Waals surface area contributed by atoms with Crippen molar-refractivity contribution in [2.24, 2.45) is 17.8 Å². The van der Waals surface area contributed by atoms with E-state index in [2.05, 4.69) is 15.0 Å². The van der Waals surface area contributed by atoms with Crippen LogP contribution in [0, 0.1) is 29.4 Å². The lowest BCUT2D eigenvalue weighted by Crippen LogP contribution is -2.35. The van der Waals surface area contributed by atoms with Gasteiger partial charge in [-0.2, -0.15) is 0 Å². The SMILES string of the molecule is CC.Nc1nc(-c2c[nH]c3ncc(F)cc23)ccc1F.O=C(O)C1CC2CCC1CC2. The number of nitrogens with zero attached hydrogens (tertiary/aromatic N) is 2. The van der Waals surface area contributed by atoms with Crippen LogP contribution in [0.5, 0.6) is 0 Å². The Hall–Kier alpha value is -3.03. The molecule has 8 heteroatoms. The Morgan fingerprint density at radius 1 is 1.19 bits per heavy atom. The van der Waals surface area contributed by atoms with Gasteiger partial charge in [0.05, 0.1) is 17.8 Å². The number of aromatic amines is 1. The van der Waals surface area contributed by atoms with Crippen LogP contribution in [0.3, 0.4) is 0 Å². The Labute approximate surface area is 179 Å². The topological polar surface area (TPSA) is 105 Å². The van der Waals surface area contributed by atoms with Crippen molar-refractivity contribution in [3.05, 3.63) is 42.2 Å². The van der Waals surface area contributed by atoms with Crippen LogP contribution in [-0.2, 0) is 4.79 Å². The zero-order valence-electron chi connectivity index (χ0n) is 17.7. The molecule has 31 heavy (non-hydrogen) atoms. The highest BCUT2D eigenvalue weighted by Gasteiger charge is 2.39. The van der Waals surface area contributed by atoms with Gasteiger partial charge in [0.2, 0.25) is 0 Å². The third-order valence-corrected chi connectivity index (χ3v) is 6.01. The van der Waals surface area contributed by atoms with Gasteiger partial charge in [0.1, 0.15) is 11.5 Å². The van der Waals surface area contributed by atoms with E-state index in [0.29, 0.717) is 28.2 Å². The van der Waals surface area contributed by atoms with E-state index in [-0.39, 0.29) is 11.7 Å². The number of nitrogens with two attached hydrogens (primary N) is 1. The van der Waals surface area contributed by atoms with E-state index in [4.69, 9.17) is 10.8 Å². The molecule has 3 aromatic rings. The molecular formula is C23H28F2N4O2. The molecule has 3 aliphatic carbocycles. The first-order chi connectivity index (χ1) is 14.9. The third-order valence-electron chi connectivity index (χ3n) is 6.01. The molecule has 4 N–H and O–H groups in total. The molecule has 6 nitrogen and oxygen atoms in total. The zero-order valence-corrected chi connectivity index (χ0v) is 17.7. The maximum Gasteiger partial charge on any atom is 0.306 e. The second-order valence-electron chi connectivity index (χ2n) is 7.78. The number of carbonyl (C=O) groups is 1. The van der Waals surface area contributed by atoms with Gasteiger partial charge in [-0.25, -0.2) is 18.7 Å². The van der Waals surface area contributed by atoms with Crippen molar-refractivity contribution in [3.63, 3.8) is 0 Å². The van der Waals surface area contributed by atoms with Crippen molar-refractivity contribution in [1.82, 2.24) is 15.0 Å². The highest BCUT2D eigenvalue weighted by molar-refractivity contribution is 5.92. The molecule has 3 saturated carbocycles. The fourth-order valence-corrected chi connectivity index (χ4v) is 4.48. The summed E-state index contributed by atoms with van der Waals surface area (Å²) in [6.45, 7) is 4.00. The van der Waals surface area contributed by atoms with Crippen LogP contribution in [0.25, 0.3) is 22.3 Å². The number of hydrogen-bond donors (Lipinski definition) is 3. The minimum atomic E-state index is -0.581. The van der Waals surface area contributed by atoms with Gasteiger partial charge in [0.25, 0.3) is 0 Å². The van der Waals surface area contributed by atoms with Crippen LogP contribution in [0.1, 0.15) is 46.0 Å². The fourth-order valence-electron chi connectivity index (χ4n) is 4.48. The first-order valence-corrected chi connectivity index (χ1v) is 10.7. The summed E-state index contributed by atoms with van der Waals surface area (Å²) < 4.78 is 26.2. The lowest BCUT2D eigenvalue weighted by Gasteiger charge is -2.40. The van der Waals surface area contributed by atoms with Crippen LogP contribution in [0.2, 0.25) is 0 Å². The lowest BCUT2D eigenvalue weighted by molar-refractivity contribution is -0.147. The first kappa shape index (κ1) is 22.7. The van der Waals surface area contributed by atoms with Gasteiger partial charge in [0, 0.05) is 17.1 Å². The molecule has 0 saturated heterocycles. The van der Waals surface area contributed by atoms with Crippen LogP contribution >= 0.6 is 0 Å². The van der Waals surface area contributed by atoms with Crippen molar-refractivity contribution in [2.45, 2.75) is 46.0 Å². The second-order valence-corrected chi connectivity index (χ2v) is 7.78. The summed E-state index contributed by atoms with van der Waals surface area (Å²) in [5, 5.41) is 9.44. The van der Waals surface area contributed by atoms with Crippen molar-refractivity contribution in [2.75, 3.05) is 5.73 Å². The fraction of sp³-hybridized carbons (Fsp3) is 0.435. The third kappa shape index (κ3) is 5.00. The Balaban J connectivity index is 0.000000179. The van der Waals surface area contributed by atoms with Crippen LogP contribution in [0.15, 0.2) is 30.6 Å². The number of anilines is 1. The van der Waals surface area contributed by atoms with Gasteiger partial charge in [-0.3, -0.25) is 4.79 Å². The summed E-state index contributed by atoms with van der Waals surface area (Å²) in [5.41, 5.74) is 7.05. The van der Waals surface area contributed by atoms with E-state index < -0.39 is 17.6 Å². The smallest absolute Gasteiger partial charge is 0.306 e. The van der Waals surface area contributed by atoms with Gasteiger partial charge >= 0.3 is 5.97 Å². The number of rotatable bonds is 2. The predicted molar refractivity (Wildman–Crippen MR) is 116 cm³/mol. The summed E-state index contributed by atoms with van der Waals surface area (Å²) in [6.07, 6.45) is 8.62. The van der Waals surface area contributed by atoms with Crippen LogP contribution < -0.4 is 5.73 Å². The minimum Gasteiger partial charge on any atom is -0.481 e. The van der Waals surface area contributed by atoms with Crippen LogP contribution in [-0.4, -0.2) is 26.0 Å². The number of fused-ring (bicyclic) bond motifs is 4. The van der Waals surface area contributed by atoms with E-state index >= 15 is 0 Å². The molecule has 0 radical (unpaired) electrons. The quantitative estimate of drug-likeness (QED) is 0.504. The van der Waals surface area contributed by atoms with Crippen molar-refractivity contribution < 1.29 is 18.7 Å². The number of hydrogen-bond acceptors (Lipinski definition) is 4. The van der Waals surface area contributed by atoms with Gasteiger partial charge in [0.15, 0.2) is 11.6 Å². The summed E-state index contributed by atoms with van der Waals surface area (Å²) in [5.74, 6) is -0.520. The number of nitrogen functional groups attached to an aromatic ring is 1. The Morgan fingerprint density at radius 3 is 2.45 bits per heavy atom. The molecule has 166 valence electrons. The van der Waals surface area contributed by atoms with Crippen molar-refractivity contribution >= 4 is 22.8 Å². The zero-order chi connectivity index (χ0) is 22.5. The summed E-state index contributed by atoms with van der Waals surface area (Å²) in [4.78, 5) is 21.5. The molecule has 3 aliphatic rings. The summed E-state index contributed by atoms with van der Waals surface area (Å²) in [7, 11) is 0. The molecule has 6 rings (SSSR count). The number of H-pyrrole nitrogens is 1. The Bertz CT molecular complexity index is 1050. The average molecular weight is 430 g/mol. The first-order valence-electron chi connectivity index (χ1n) is 10.7. The van der Waals surface area contributed by atoms with E-state index in [1.807, 2.05) is 13.8 Å². The molecule has 1 unspecified atom stereocenters. The largest absolute Gasteiger partial charge is 0.481 e. The van der Waals surface area contributed by atoms with Crippen molar-refractivity contribution in [3.8, 4) is 11.3 Å². The number of aromatic nitrogens is 3. The molecule has 1 atom stereocenters. The van der Waals surface area contributed by atoms with Crippen molar-refractivity contribution in [1.29, 1.82) is 0 Å². The molecule has 3 heterocycles. The van der Waals surface area contributed by atoms with E-state index in [0.717, 1.165) is 18.5 Å². The minimum absolute atomic E-state index is 0.00231. The highest BCUT2D eigenvalue weighted by atomic mass is 19.1. The molecule has 0 aliphatic heterocycles. The number of carboxylic acids is 1. The predicted octanol–water partition coefficient (Wildman–Crippen LogP) is 5.41. The van der Waals surface area contributed by atoms with Gasteiger partial charge in [-0.1, -0.05) is 26.7 Å². The molecule has 0 amide bonds. The average Bonchev–Trinajstić information content (AvgIpc) is 3.21. The lowest BCUT2D eigenvalue weighted by atomic mass is 9.65. The maximum absolute atomic E-state index is 13.2. The summed E-state index contributed by atoms with van der Waals surface area (Å²) >= 11 is 0. The number of carboxylic acid groups (broad SMARTS) is 1. The second kappa shape index (κ2) is 9.85. The standard InChI is InChI=1S/C12H8F2N4.C9H14O2.C2H6/c13-6-3-7-8(5-17-12(7)16-4-6)10-2-1-9(14)11(15)18-10;10-9(11)8-5-6-1-3-7(8)4-2-6;1-2/h1-5H,(H2,15,18)(H,16,17);6-8H,1-5H2,(H,10,11);1-2H3. The number of nitrogens with one attached hydrogen (secondary N) is 1. The Kier molecular flexibility index (Phi) is 7.20. The number of halogens is 2. The van der Waals surface area contributed by atoms with Gasteiger partial charge in [-0.15, -0.1) is 0 Å². The van der Waals surface area contributed by atoms with E-state index in [1.54, 1.807) is 6.20 Å².